The average Bonchev–Trinajstić information content (AvgIpc) is 2.78. The quantitative estimate of drug-likeness (QED) is 0.491. The molecule has 4 atom stereocenters. The van der Waals surface area contributed by atoms with Gasteiger partial charge in [0, 0.05) is 0 Å². The Morgan fingerprint density at radius 2 is 1.31 bits per heavy atom. The van der Waals surface area contributed by atoms with Crippen molar-refractivity contribution in [3.05, 3.63) is 47.8 Å². The van der Waals surface area contributed by atoms with Gasteiger partial charge in [-0.2, -0.15) is 0 Å². The van der Waals surface area contributed by atoms with Crippen LogP contribution in [0, 0.1) is 35.4 Å². The van der Waals surface area contributed by atoms with E-state index >= 15 is 0 Å². The van der Waals surface area contributed by atoms with Crippen molar-refractivity contribution in [2.24, 2.45) is 29.6 Å². The molecule has 0 nitrogen and oxygen atoms in total. The highest BCUT2D eigenvalue weighted by atomic mass is 19.1. The van der Waals surface area contributed by atoms with E-state index in [4.69, 9.17) is 0 Å². The fourth-order valence-corrected chi connectivity index (χ4v) is 7.23. The predicted molar refractivity (Wildman–Crippen MR) is 121 cm³/mol. The minimum Gasteiger partial charge on any atom is -0.207 e. The summed E-state index contributed by atoms with van der Waals surface area (Å²) in [4.78, 5) is 0. The maximum atomic E-state index is 13.5. The summed E-state index contributed by atoms with van der Waals surface area (Å²) in [6, 6.07) is 11.9. The highest BCUT2D eigenvalue weighted by molar-refractivity contribution is 5.83. The summed E-state index contributed by atoms with van der Waals surface area (Å²) in [5.41, 5.74) is 1.48. The van der Waals surface area contributed by atoms with Crippen LogP contribution >= 0.6 is 0 Å². The Morgan fingerprint density at radius 1 is 0.690 bits per heavy atom. The standard InChI is InChI=1S/C28H37F/c1-2-19-3-4-25-16-23(10-9-22(25)15-19)20-5-7-21(8-6-20)24-11-12-27-18-28(29)14-13-26(27)17-24/h11-14,17-23,25H,2-10,15-16H2,1H3. The molecular weight excluding hydrogens is 355 g/mol. The summed E-state index contributed by atoms with van der Waals surface area (Å²) in [5, 5.41) is 2.21. The van der Waals surface area contributed by atoms with Crippen molar-refractivity contribution in [2.45, 2.75) is 83.5 Å². The van der Waals surface area contributed by atoms with Crippen LogP contribution in [0.3, 0.4) is 0 Å². The molecule has 0 radical (unpaired) electrons. The molecule has 0 aromatic heterocycles. The molecule has 1 heteroatoms. The molecule has 2 aromatic carbocycles. The van der Waals surface area contributed by atoms with Crippen LogP contribution in [0.15, 0.2) is 36.4 Å². The van der Waals surface area contributed by atoms with Crippen molar-refractivity contribution >= 4 is 10.8 Å². The Bertz CT molecular complexity index is 831. The Kier molecular flexibility index (Phi) is 5.67. The van der Waals surface area contributed by atoms with Crippen LogP contribution in [0.4, 0.5) is 4.39 Å². The molecule has 0 N–H and O–H groups in total. The average molecular weight is 393 g/mol. The number of hydrogen-bond acceptors (Lipinski definition) is 0. The highest BCUT2D eigenvalue weighted by Gasteiger charge is 2.38. The van der Waals surface area contributed by atoms with Crippen LogP contribution in [-0.2, 0) is 0 Å². The summed E-state index contributed by atoms with van der Waals surface area (Å²) in [6.45, 7) is 2.39. The molecule has 0 bridgehead atoms. The third-order valence-electron chi connectivity index (χ3n) is 9.08. The van der Waals surface area contributed by atoms with E-state index < -0.39 is 0 Å². The zero-order valence-electron chi connectivity index (χ0n) is 18.1. The predicted octanol–water partition coefficient (Wildman–Crippen LogP) is 8.50. The summed E-state index contributed by atoms with van der Waals surface area (Å²) < 4.78 is 13.5. The van der Waals surface area contributed by atoms with Crippen molar-refractivity contribution in [1.82, 2.24) is 0 Å². The topological polar surface area (TPSA) is 0 Å². The van der Waals surface area contributed by atoms with Crippen molar-refractivity contribution < 1.29 is 4.39 Å². The monoisotopic (exact) mass is 392 g/mol. The van der Waals surface area contributed by atoms with E-state index in [0.29, 0.717) is 5.92 Å². The van der Waals surface area contributed by atoms with Crippen LogP contribution in [-0.4, -0.2) is 0 Å². The molecule has 0 heterocycles. The van der Waals surface area contributed by atoms with Crippen LogP contribution in [0.2, 0.25) is 0 Å². The first-order chi connectivity index (χ1) is 14.2. The van der Waals surface area contributed by atoms with E-state index in [0.717, 1.165) is 35.0 Å². The Balaban J connectivity index is 1.18. The van der Waals surface area contributed by atoms with E-state index in [-0.39, 0.29) is 5.82 Å². The Morgan fingerprint density at radius 3 is 2.10 bits per heavy atom. The van der Waals surface area contributed by atoms with E-state index in [1.54, 1.807) is 12.1 Å². The van der Waals surface area contributed by atoms with Crippen LogP contribution in [0.25, 0.3) is 10.8 Å². The summed E-state index contributed by atoms with van der Waals surface area (Å²) in [7, 11) is 0. The van der Waals surface area contributed by atoms with Crippen molar-refractivity contribution in [2.75, 3.05) is 0 Å². The van der Waals surface area contributed by atoms with Gasteiger partial charge in [0.25, 0.3) is 0 Å². The highest BCUT2D eigenvalue weighted by Crippen LogP contribution is 2.50. The van der Waals surface area contributed by atoms with Gasteiger partial charge in [-0.05, 0) is 122 Å². The molecule has 5 rings (SSSR count). The molecule has 4 unspecified atom stereocenters. The molecule has 3 aliphatic rings. The first-order valence-corrected chi connectivity index (χ1v) is 12.4. The SMILES string of the molecule is CCC1CCC2CC(C3CCC(c4ccc5cc(F)ccc5c4)CC3)CCC2C1. The normalized spacial score (nSPS) is 35.4. The molecule has 0 amide bonds. The molecule has 0 saturated heterocycles. The first-order valence-electron chi connectivity index (χ1n) is 12.4. The van der Waals surface area contributed by atoms with E-state index in [9.17, 15) is 4.39 Å². The number of rotatable bonds is 3. The molecule has 0 spiro atoms. The van der Waals surface area contributed by atoms with Gasteiger partial charge in [0.2, 0.25) is 0 Å². The third kappa shape index (κ3) is 4.12. The fraction of sp³-hybridized carbons (Fsp3) is 0.643. The van der Waals surface area contributed by atoms with Gasteiger partial charge in [0.1, 0.15) is 5.82 Å². The summed E-state index contributed by atoms with van der Waals surface area (Å²) in [5.74, 6) is 5.70. The minimum atomic E-state index is -0.136. The molecule has 3 aliphatic carbocycles. The largest absolute Gasteiger partial charge is 0.207 e. The van der Waals surface area contributed by atoms with E-state index in [2.05, 4.69) is 25.1 Å². The maximum Gasteiger partial charge on any atom is 0.123 e. The molecular formula is C28H37F. The lowest BCUT2D eigenvalue weighted by Gasteiger charge is -2.45. The summed E-state index contributed by atoms with van der Waals surface area (Å²) in [6.07, 6.45) is 16.1. The lowest BCUT2D eigenvalue weighted by atomic mass is 9.60. The van der Waals surface area contributed by atoms with E-state index in [1.165, 1.54) is 81.6 Å². The maximum absolute atomic E-state index is 13.5. The molecule has 2 aromatic rings. The third-order valence-corrected chi connectivity index (χ3v) is 9.08. The lowest BCUT2D eigenvalue weighted by Crippen LogP contribution is -2.34. The fourth-order valence-electron chi connectivity index (χ4n) is 7.23. The summed E-state index contributed by atoms with van der Waals surface area (Å²) >= 11 is 0. The van der Waals surface area contributed by atoms with Gasteiger partial charge in [-0.1, -0.05) is 44.0 Å². The van der Waals surface area contributed by atoms with E-state index in [1.807, 2.05) is 6.07 Å². The number of halogens is 1. The van der Waals surface area contributed by atoms with Crippen molar-refractivity contribution in [1.29, 1.82) is 0 Å². The molecule has 3 fully saturated rings. The number of benzene rings is 2. The van der Waals surface area contributed by atoms with Crippen LogP contribution < -0.4 is 0 Å². The van der Waals surface area contributed by atoms with Crippen molar-refractivity contribution in [3.8, 4) is 0 Å². The second-order valence-electron chi connectivity index (χ2n) is 10.5. The van der Waals surface area contributed by atoms with Gasteiger partial charge < -0.3 is 0 Å². The molecule has 29 heavy (non-hydrogen) atoms. The van der Waals surface area contributed by atoms with Gasteiger partial charge in [-0.15, -0.1) is 0 Å². The Hall–Kier alpha value is -1.37. The van der Waals surface area contributed by atoms with Crippen LogP contribution in [0.5, 0.6) is 0 Å². The van der Waals surface area contributed by atoms with Gasteiger partial charge >= 0.3 is 0 Å². The van der Waals surface area contributed by atoms with Gasteiger partial charge in [-0.25, -0.2) is 4.39 Å². The van der Waals surface area contributed by atoms with Gasteiger partial charge in [-0.3, -0.25) is 0 Å². The zero-order chi connectivity index (χ0) is 19.8. The van der Waals surface area contributed by atoms with Crippen LogP contribution in [0.1, 0.15) is 89.0 Å². The second-order valence-corrected chi connectivity index (χ2v) is 10.5. The second kappa shape index (κ2) is 8.40. The first kappa shape index (κ1) is 19.6. The number of hydrogen-bond donors (Lipinski definition) is 0. The molecule has 0 aliphatic heterocycles. The van der Waals surface area contributed by atoms with Crippen molar-refractivity contribution in [3.63, 3.8) is 0 Å². The number of fused-ring (bicyclic) bond motifs is 2. The molecule has 156 valence electrons. The Labute approximate surface area is 176 Å². The van der Waals surface area contributed by atoms with Gasteiger partial charge in [0.05, 0.1) is 0 Å². The molecule has 3 saturated carbocycles. The zero-order valence-corrected chi connectivity index (χ0v) is 18.1. The lowest BCUT2D eigenvalue weighted by molar-refractivity contribution is 0.0629. The minimum absolute atomic E-state index is 0.136. The smallest absolute Gasteiger partial charge is 0.123 e. The van der Waals surface area contributed by atoms with Gasteiger partial charge in [0.15, 0.2) is 0 Å².